The fourth-order valence-corrected chi connectivity index (χ4v) is 1.29. The zero-order valence-electron chi connectivity index (χ0n) is 8.07. The fourth-order valence-electron chi connectivity index (χ4n) is 1.29. The maximum absolute atomic E-state index is 9.61. The molecule has 0 aliphatic rings. The van der Waals surface area contributed by atoms with E-state index in [1.54, 1.807) is 6.92 Å². The second-order valence-electron chi connectivity index (χ2n) is 3.24. The van der Waals surface area contributed by atoms with E-state index in [1.165, 1.54) is 12.1 Å². The Hall–Kier alpha value is -1.26. The summed E-state index contributed by atoms with van der Waals surface area (Å²) in [7, 11) is 0. The Balaban J connectivity index is 3.04. The van der Waals surface area contributed by atoms with Crippen LogP contribution in [-0.2, 0) is 0 Å². The molecule has 0 spiro atoms. The molecular formula is C10H15NO3. The molecule has 14 heavy (non-hydrogen) atoms. The number of aromatic hydroxyl groups is 2. The van der Waals surface area contributed by atoms with Crippen LogP contribution in [0.15, 0.2) is 12.1 Å². The van der Waals surface area contributed by atoms with Crippen molar-refractivity contribution in [3.05, 3.63) is 23.3 Å². The summed E-state index contributed by atoms with van der Waals surface area (Å²) in [5, 5.41) is 28.5. The number of aliphatic hydroxyl groups is 1. The summed E-state index contributed by atoms with van der Waals surface area (Å²) < 4.78 is 0. The molecule has 0 aromatic heterocycles. The van der Waals surface area contributed by atoms with Gasteiger partial charge in [-0.1, -0.05) is 0 Å². The number of aliphatic hydroxyl groups excluding tert-OH is 1. The highest BCUT2D eigenvalue weighted by atomic mass is 16.3. The molecule has 1 rings (SSSR count). The van der Waals surface area contributed by atoms with Crippen molar-refractivity contribution in [1.82, 2.24) is 0 Å². The van der Waals surface area contributed by atoms with Gasteiger partial charge in [0.05, 0.1) is 6.10 Å². The minimum Gasteiger partial charge on any atom is -0.508 e. The Bertz CT molecular complexity index is 325. The van der Waals surface area contributed by atoms with Crippen LogP contribution in [0.1, 0.15) is 23.7 Å². The first kappa shape index (κ1) is 10.8. The molecule has 1 atom stereocenters. The minimum atomic E-state index is -0.778. The highest BCUT2D eigenvalue weighted by Crippen LogP contribution is 2.33. The highest BCUT2D eigenvalue weighted by molar-refractivity contribution is 5.48. The predicted molar refractivity (Wildman–Crippen MR) is 53.1 cm³/mol. The summed E-state index contributed by atoms with van der Waals surface area (Å²) in [5.41, 5.74) is 6.08. The number of rotatable bonds is 3. The molecule has 1 aromatic carbocycles. The Kier molecular flexibility index (Phi) is 3.33. The van der Waals surface area contributed by atoms with E-state index in [1.807, 2.05) is 0 Å². The van der Waals surface area contributed by atoms with E-state index in [0.29, 0.717) is 24.1 Å². The van der Waals surface area contributed by atoms with Gasteiger partial charge >= 0.3 is 0 Å². The largest absolute Gasteiger partial charge is 0.508 e. The van der Waals surface area contributed by atoms with Crippen LogP contribution < -0.4 is 5.73 Å². The molecule has 0 heterocycles. The standard InChI is InChI=1S/C10H15NO3/c1-6-8(12)3-2-7(10(6)14)9(13)4-5-11/h2-3,9,12-14H,4-5,11H2,1H3. The average molecular weight is 197 g/mol. The molecule has 0 radical (unpaired) electrons. The number of benzene rings is 1. The predicted octanol–water partition coefficient (Wildman–Crippen LogP) is 0.788. The minimum absolute atomic E-state index is 0.0196. The molecule has 4 nitrogen and oxygen atoms in total. The maximum Gasteiger partial charge on any atom is 0.127 e. The van der Waals surface area contributed by atoms with Crippen LogP contribution in [0, 0.1) is 6.92 Å². The first-order valence-electron chi connectivity index (χ1n) is 4.47. The number of hydrogen-bond acceptors (Lipinski definition) is 4. The van der Waals surface area contributed by atoms with Gasteiger partial charge in [-0.05, 0) is 32.0 Å². The van der Waals surface area contributed by atoms with E-state index in [-0.39, 0.29) is 11.5 Å². The zero-order valence-corrected chi connectivity index (χ0v) is 8.07. The van der Waals surface area contributed by atoms with Crippen LogP contribution >= 0.6 is 0 Å². The van der Waals surface area contributed by atoms with Gasteiger partial charge in [-0.15, -0.1) is 0 Å². The molecular weight excluding hydrogens is 182 g/mol. The SMILES string of the molecule is Cc1c(O)ccc(C(O)CCN)c1O. The van der Waals surface area contributed by atoms with Gasteiger partial charge < -0.3 is 21.1 Å². The van der Waals surface area contributed by atoms with Crippen LogP contribution in [-0.4, -0.2) is 21.9 Å². The second-order valence-corrected chi connectivity index (χ2v) is 3.24. The van der Waals surface area contributed by atoms with Crippen LogP contribution in [0.5, 0.6) is 11.5 Å². The topological polar surface area (TPSA) is 86.7 Å². The smallest absolute Gasteiger partial charge is 0.127 e. The average Bonchev–Trinajstić information content (AvgIpc) is 2.15. The van der Waals surface area contributed by atoms with Crippen molar-refractivity contribution in [2.75, 3.05) is 6.54 Å². The van der Waals surface area contributed by atoms with E-state index >= 15 is 0 Å². The van der Waals surface area contributed by atoms with Crippen LogP contribution in [0.3, 0.4) is 0 Å². The lowest BCUT2D eigenvalue weighted by Crippen LogP contribution is -2.07. The van der Waals surface area contributed by atoms with Gasteiger partial charge in [0.15, 0.2) is 0 Å². The Labute approximate surface area is 82.6 Å². The van der Waals surface area contributed by atoms with Gasteiger partial charge in [0, 0.05) is 11.1 Å². The Morgan fingerprint density at radius 3 is 2.57 bits per heavy atom. The summed E-state index contributed by atoms with van der Waals surface area (Å²) in [6, 6.07) is 2.95. The number of hydrogen-bond donors (Lipinski definition) is 4. The molecule has 0 aliphatic carbocycles. The summed E-state index contributed by atoms with van der Waals surface area (Å²) >= 11 is 0. The molecule has 0 saturated heterocycles. The summed E-state index contributed by atoms with van der Waals surface area (Å²) in [6.45, 7) is 1.93. The van der Waals surface area contributed by atoms with E-state index < -0.39 is 6.10 Å². The lowest BCUT2D eigenvalue weighted by atomic mass is 10.0. The Morgan fingerprint density at radius 1 is 1.36 bits per heavy atom. The first-order chi connectivity index (χ1) is 6.57. The van der Waals surface area contributed by atoms with Gasteiger partial charge in [0.1, 0.15) is 11.5 Å². The number of phenols is 2. The van der Waals surface area contributed by atoms with Gasteiger partial charge in [0.2, 0.25) is 0 Å². The molecule has 1 unspecified atom stereocenters. The summed E-state index contributed by atoms with van der Waals surface area (Å²) in [4.78, 5) is 0. The van der Waals surface area contributed by atoms with Gasteiger partial charge in [-0.25, -0.2) is 0 Å². The third kappa shape index (κ3) is 1.97. The van der Waals surface area contributed by atoms with Crippen molar-refractivity contribution in [2.24, 2.45) is 5.73 Å². The molecule has 0 amide bonds. The Morgan fingerprint density at radius 2 is 2.00 bits per heavy atom. The molecule has 0 aliphatic heterocycles. The molecule has 5 N–H and O–H groups in total. The first-order valence-corrected chi connectivity index (χ1v) is 4.47. The molecule has 0 fully saturated rings. The van der Waals surface area contributed by atoms with E-state index in [9.17, 15) is 15.3 Å². The molecule has 1 aromatic rings. The van der Waals surface area contributed by atoms with E-state index in [0.717, 1.165) is 0 Å². The third-order valence-corrected chi connectivity index (χ3v) is 2.23. The van der Waals surface area contributed by atoms with E-state index in [2.05, 4.69) is 0 Å². The quantitative estimate of drug-likeness (QED) is 0.577. The summed E-state index contributed by atoms with van der Waals surface area (Å²) in [6.07, 6.45) is -0.392. The van der Waals surface area contributed by atoms with Gasteiger partial charge in [-0.2, -0.15) is 0 Å². The lowest BCUT2D eigenvalue weighted by Gasteiger charge is -2.13. The van der Waals surface area contributed by atoms with Gasteiger partial charge in [-0.3, -0.25) is 0 Å². The molecule has 4 heteroatoms. The van der Waals surface area contributed by atoms with Crippen molar-refractivity contribution in [3.8, 4) is 11.5 Å². The summed E-state index contributed by atoms with van der Waals surface area (Å²) in [5.74, 6) is -0.0443. The van der Waals surface area contributed by atoms with Crippen LogP contribution in [0.25, 0.3) is 0 Å². The molecule has 0 bridgehead atoms. The second kappa shape index (κ2) is 4.30. The third-order valence-electron chi connectivity index (χ3n) is 2.23. The van der Waals surface area contributed by atoms with Crippen molar-refractivity contribution < 1.29 is 15.3 Å². The van der Waals surface area contributed by atoms with Crippen LogP contribution in [0.4, 0.5) is 0 Å². The van der Waals surface area contributed by atoms with Crippen molar-refractivity contribution in [2.45, 2.75) is 19.4 Å². The monoisotopic (exact) mass is 197 g/mol. The lowest BCUT2D eigenvalue weighted by molar-refractivity contribution is 0.166. The van der Waals surface area contributed by atoms with Gasteiger partial charge in [0.25, 0.3) is 0 Å². The maximum atomic E-state index is 9.61. The molecule has 78 valence electrons. The van der Waals surface area contributed by atoms with Crippen molar-refractivity contribution >= 4 is 0 Å². The number of phenolic OH excluding ortho intramolecular Hbond substituents is 2. The normalized spacial score (nSPS) is 12.8. The van der Waals surface area contributed by atoms with Crippen molar-refractivity contribution in [1.29, 1.82) is 0 Å². The van der Waals surface area contributed by atoms with Crippen LogP contribution in [0.2, 0.25) is 0 Å². The van der Waals surface area contributed by atoms with Crippen molar-refractivity contribution in [3.63, 3.8) is 0 Å². The number of nitrogens with two attached hydrogens (primary N) is 1. The zero-order chi connectivity index (χ0) is 10.7. The molecule has 0 saturated carbocycles. The highest BCUT2D eigenvalue weighted by Gasteiger charge is 2.14. The van der Waals surface area contributed by atoms with E-state index in [4.69, 9.17) is 5.73 Å². The fraction of sp³-hybridized carbons (Fsp3) is 0.400.